The van der Waals surface area contributed by atoms with Gasteiger partial charge in [-0.2, -0.15) is 0 Å². The van der Waals surface area contributed by atoms with Crippen LogP contribution in [0.25, 0.3) is 0 Å². The van der Waals surface area contributed by atoms with Crippen LogP contribution < -0.4 is 0 Å². The van der Waals surface area contributed by atoms with Gasteiger partial charge < -0.3 is 19.6 Å². The highest BCUT2D eigenvalue weighted by molar-refractivity contribution is 6.42. The van der Waals surface area contributed by atoms with E-state index in [1.807, 2.05) is 12.1 Å². The van der Waals surface area contributed by atoms with E-state index in [1.165, 1.54) is 12.1 Å². The maximum atomic E-state index is 13.9. The Morgan fingerprint density at radius 2 is 1.62 bits per heavy atom. The Labute approximate surface area is 228 Å². The average molecular weight is 550 g/mol. The van der Waals surface area contributed by atoms with Crippen molar-refractivity contribution in [3.05, 3.63) is 69.5 Å². The standard InChI is InChI=1S/C28H35Cl2FN4O2/c1-32(2)26(36)10-11-34-12-14-35(15-13-34)19-22-17-28(22,21-6-9-24(29)25(30)16-21)27(37)33(3)18-20-4-7-23(31)8-5-20/h4-9,16,22H,10-15,17-19H2,1-3H3/t22-,28+/m0/s1. The topological polar surface area (TPSA) is 47.1 Å². The van der Waals surface area contributed by atoms with E-state index in [0.717, 1.165) is 56.8 Å². The van der Waals surface area contributed by atoms with Gasteiger partial charge in [0.15, 0.2) is 0 Å². The van der Waals surface area contributed by atoms with Crippen molar-refractivity contribution in [2.24, 2.45) is 5.92 Å². The third-order valence-corrected chi connectivity index (χ3v) is 8.42. The first-order valence-electron chi connectivity index (χ1n) is 12.7. The van der Waals surface area contributed by atoms with Crippen molar-refractivity contribution < 1.29 is 14.0 Å². The molecular weight excluding hydrogens is 514 g/mol. The highest BCUT2D eigenvalue weighted by Crippen LogP contribution is 2.56. The predicted molar refractivity (Wildman–Crippen MR) is 145 cm³/mol. The summed E-state index contributed by atoms with van der Waals surface area (Å²) in [6, 6.07) is 11.8. The molecule has 1 saturated heterocycles. The molecule has 2 amide bonds. The number of benzene rings is 2. The van der Waals surface area contributed by atoms with Crippen LogP contribution in [0.3, 0.4) is 0 Å². The fraction of sp³-hybridized carbons (Fsp3) is 0.500. The van der Waals surface area contributed by atoms with Gasteiger partial charge in [-0.3, -0.25) is 9.59 Å². The summed E-state index contributed by atoms with van der Waals surface area (Å²) in [6.45, 7) is 5.62. The summed E-state index contributed by atoms with van der Waals surface area (Å²) in [5.74, 6) is 0.0579. The van der Waals surface area contributed by atoms with E-state index in [9.17, 15) is 14.0 Å². The second-order valence-electron chi connectivity index (χ2n) is 10.5. The quantitative estimate of drug-likeness (QED) is 0.472. The lowest BCUT2D eigenvalue weighted by atomic mass is 9.91. The lowest BCUT2D eigenvalue weighted by Gasteiger charge is -2.35. The third kappa shape index (κ3) is 6.45. The summed E-state index contributed by atoms with van der Waals surface area (Å²) in [7, 11) is 5.37. The molecule has 1 aliphatic carbocycles. The van der Waals surface area contributed by atoms with Crippen LogP contribution in [0.4, 0.5) is 4.39 Å². The first-order chi connectivity index (χ1) is 17.6. The van der Waals surface area contributed by atoms with Crippen LogP contribution in [0.2, 0.25) is 10.0 Å². The molecule has 0 bridgehead atoms. The van der Waals surface area contributed by atoms with Gasteiger partial charge in [0.05, 0.1) is 15.5 Å². The molecule has 1 heterocycles. The summed E-state index contributed by atoms with van der Waals surface area (Å²) in [4.78, 5) is 34.0. The van der Waals surface area contributed by atoms with Crippen molar-refractivity contribution in [3.8, 4) is 0 Å². The Bertz CT molecular complexity index is 1120. The molecule has 0 unspecified atom stereocenters. The molecule has 2 atom stereocenters. The van der Waals surface area contributed by atoms with Crippen LogP contribution in [-0.2, 0) is 21.5 Å². The largest absolute Gasteiger partial charge is 0.349 e. The fourth-order valence-electron chi connectivity index (χ4n) is 5.32. The maximum absolute atomic E-state index is 13.9. The molecule has 1 aliphatic heterocycles. The first kappa shape index (κ1) is 27.8. The molecule has 200 valence electrons. The highest BCUT2D eigenvalue weighted by Gasteiger charge is 2.62. The lowest BCUT2D eigenvalue weighted by molar-refractivity contribution is -0.133. The number of nitrogens with zero attached hydrogens (tertiary/aromatic N) is 4. The minimum absolute atomic E-state index is 0.0426. The second kappa shape index (κ2) is 11.7. The number of rotatable bonds is 9. The number of likely N-dealkylation sites (N-methyl/N-ethyl adjacent to an activating group) is 1. The summed E-state index contributed by atoms with van der Waals surface area (Å²) in [6.07, 6.45) is 1.28. The van der Waals surface area contributed by atoms with E-state index in [-0.39, 0.29) is 23.5 Å². The van der Waals surface area contributed by atoms with Crippen molar-refractivity contribution in [3.63, 3.8) is 0 Å². The van der Waals surface area contributed by atoms with E-state index >= 15 is 0 Å². The molecule has 37 heavy (non-hydrogen) atoms. The molecule has 4 rings (SSSR count). The summed E-state index contributed by atoms with van der Waals surface area (Å²) in [5.41, 5.74) is 1.12. The van der Waals surface area contributed by atoms with Gasteiger partial charge in [-0.05, 0) is 47.7 Å². The molecule has 2 aliphatic rings. The Balaban J connectivity index is 1.43. The van der Waals surface area contributed by atoms with Crippen molar-refractivity contribution in [1.82, 2.24) is 19.6 Å². The van der Waals surface area contributed by atoms with Gasteiger partial charge in [-0.25, -0.2) is 4.39 Å². The van der Waals surface area contributed by atoms with Gasteiger partial charge in [0.2, 0.25) is 11.8 Å². The Morgan fingerprint density at radius 3 is 2.24 bits per heavy atom. The molecule has 0 aromatic heterocycles. The zero-order chi connectivity index (χ0) is 26.7. The van der Waals surface area contributed by atoms with Gasteiger partial charge in [0.25, 0.3) is 0 Å². The average Bonchev–Trinajstić information content (AvgIpc) is 3.60. The van der Waals surface area contributed by atoms with Gasteiger partial charge in [0, 0.05) is 73.4 Å². The molecule has 2 aromatic rings. The van der Waals surface area contributed by atoms with Crippen molar-refractivity contribution in [2.75, 3.05) is 60.4 Å². The number of halogens is 3. The number of carbonyl (C=O) groups is 2. The monoisotopic (exact) mass is 548 g/mol. The maximum Gasteiger partial charge on any atom is 0.233 e. The molecule has 0 radical (unpaired) electrons. The zero-order valence-corrected chi connectivity index (χ0v) is 23.2. The molecule has 2 fully saturated rings. The van der Waals surface area contributed by atoms with E-state index in [1.54, 1.807) is 49.1 Å². The molecule has 1 saturated carbocycles. The minimum atomic E-state index is -0.654. The van der Waals surface area contributed by atoms with Crippen LogP contribution in [0.1, 0.15) is 24.0 Å². The third-order valence-electron chi connectivity index (χ3n) is 7.69. The van der Waals surface area contributed by atoms with E-state index in [2.05, 4.69) is 9.80 Å². The fourth-order valence-corrected chi connectivity index (χ4v) is 5.62. The van der Waals surface area contributed by atoms with E-state index in [4.69, 9.17) is 23.2 Å². The van der Waals surface area contributed by atoms with Crippen LogP contribution in [-0.4, -0.2) is 91.8 Å². The Hall–Kier alpha value is -2.19. The molecule has 0 spiro atoms. The predicted octanol–water partition coefficient (Wildman–Crippen LogP) is 4.14. The lowest BCUT2D eigenvalue weighted by Crippen LogP contribution is -2.48. The number of amides is 2. The summed E-state index contributed by atoms with van der Waals surface area (Å²) < 4.78 is 13.4. The normalized spacial score (nSPS) is 22.1. The number of carbonyl (C=O) groups excluding carboxylic acids is 2. The molecular formula is C28H35Cl2FN4O2. The Morgan fingerprint density at radius 1 is 0.973 bits per heavy atom. The highest BCUT2D eigenvalue weighted by atomic mass is 35.5. The van der Waals surface area contributed by atoms with Gasteiger partial charge >= 0.3 is 0 Å². The van der Waals surface area contributed by atoms with Gasteiger partial charge in [-0.15, -0.1) is 0 Å². The smallest absolute Gasteiger partial charge is 0.233 e. The molecule has 2 aromatic carbocycles. The minimum Gasteiger partial charge on any atom is -0.349 e. The van der Waals surface area contributed by atoms with E-state index in [0.29, 0.717) is 23.0 Å². The van der Waals surface area contributed by atoms with Crippen molar-refractivity contribution in [2.45, 2.75) is 24.8 Å². The van der Waals surface area contributed by atoms with Crippen LogP contribution in [0.5, 0.6) is 0 Å². The summed E-state index contributed by atoms with van der Waals surface area (Å²) >= 11 is 12.6. The van der Waals surface area contributed by atoms with Gasteiger partial charge in [0.1, 0.15) is 5.82 Å². The number of hydrogen-bond acceptors (Lipinski definition) is 4. The van der Waals surface area contributed by atoms with Gasteiger partial charge in [-0.1, -0.05) is 41.4 Å². The van der Waals surface area contributed by atoms with Crippen LogP contribution >= 0.6 is 23.2 Å². The molecule has 0 N–H and O–H groups in total. The van der Waals surface area contributed by atoms with Crippen molar-refractivity contribution in [1.29, 1.82) is 0 Å². The molecule has 9 heteroatoms. The SMILES string of the molecule is CN(C)C(=O)CCN1CCN(C[C@@H]2C[C@@]2(C(=O)N(C)Cc2ccc(F)cc2)c2ccc(Cl)c(Cl)c2)CC1. The van der Waals surface area contributed by atoms with Crippen LogP contribution in [0, 0.1) is 11.7 Å². The number of piperazine rings is 1. The second-order valence-corrected chi connectivity index (χ2v) is 11.3. The van der Waals surface area contributed by atoms with Crippen molar-refractivity contribution >= 4 is 35.0 Å². The molecule has 6 nitrogen and oxygen atoms in total. The van der Waals surface area contributed by atoms with Crippen LogP contribution in [0.15, 0.2) is 42.5 Å². The number of hydrogen-bond donors (Lipinski definition) is 0. The summed E-state index contributed by atoms with van der Waals surface area (Å²) in [5, 5.41) is 0.910. The van der Waals surface area contributed by atoms with E-state index < -0.39 is 5.41 Å². The Kier molecular flexibility index (Phi) is 8.79. The first-order valence-corrected chi connectivity index (χ1v) is 13.5. The zero-order valence-electron chi connectivity index (χ0n) is 21.7.